The maximum atomic E-state index is 5.73. The van der Waals surface area contributed by atoms with E-state index in [1.165, 1.54) is 22.4 Å². The molecule has 2 aromatic rings. The van der Waals surface area contributed by atoms with E-state index in [9.17, 15) is 0 Å². The van der Waals surface area contributed by atoms with Crippen molar-refractivity contribution in [1.82, 2.24) is 0 Å². The van der Waals surface area contributed by atoms with Gasteiger partial charge in [0.2, 0.25) is 0 Å². The van der Waals surface area contributed by atoms with Crippen molar-refractivity contribution in [2.45, 2.75) is 32.1 Å². The summed E-state index contributed by atoms with van der Waals surface area (Å²) in [7, 11) is 0. The van der Waals surface area contributed by atoms with E-state index < -0.39 is 0 Å². The van der Waals surface area contributed by atoms with Crippen LogP contribution in [0.5, 0.6) is 0 Å². The maximum absolute atomic E-state index is 5.73. The molecule has 1 nitrogen and oxygen atoms in total. The molecule has 0 aliphatic carbocycles. The van der Waals surface area contributed by atoms with Crippen molar-refractivity contribution in [3.8, 4) is 0 Å². The molecule has 0 amide bonds. The van der Waals surface area contributed by atoms with E-state index in [1.54, 1.807) is 0 Å². The van der Waals surface area contributed by atoms with Gasteiger partial charge in [-0.15, -0.1) is 11.3 Å². The first kappa shape index (κ1) is 13.3. The first-order chi connectivity index (χ1) is 8.79. The molecular formula is C16H21NS. The van der Waals surface area contributed by atoms with Crippen LogP contribution in [-0.2, 0) is 6.42 Å². The molecule has 1 aromatic heterocycles. The highest BCUT2D eigenvalue weighted by molar-refractivity contribution is 7.10. The van der Waals surface area contributed by atoms with E-state index in [0.717, 1.165) is 19.4 Å². The number of hydrogen-bond donors (Lipinski definition) is 1. The molecule has 0 saturated carbocycles. The minimum Gasteiger partial charge on any atom is -0.330 e. The van der Waals surface area contributed by atoms with Crippen LogP contribution in [-0.4, -0.2) is 6.54 Å². The van der Waals surface area contributed by atoms with Gasteiger partial charge >= 0.3 is 0 Å². The van der Waals surface area contributed by atoms with Gasteiger partial charge in [0.1, 0.15) is 0 Å². The van der Waals surface area contributed by atoms with Gasteiger partial charge in [0.05, 0.1) is 0 Å². The Morgan fingerprint density at radius 2 is 1.89 bits per heavy atom. The fraction of sp³-hybridized carbons (Fsp3) is 0.375. The largest absolute Gasteiger partial charge is 0.330 e. The molecule has 1 aromatic carbocycles. The second-order valence-corrected chi connectivity index (χ2v) is 5.79. The second-order valence-electron chi connectivity index (χ2n) is 4.81. The Morgan fingerprint density at radius 3 is 2.50 bits per heavy atom. The quantitative estimate of drug-likeness (QED) is 0.829. The Hall–Kier alpha value is -1.12. The third-order valence-corrected chi connectivity index (χ3v) is 4.40. The van der Waals surface area contributed by atoms with Crippen LogP contribution in [0, 0.1) is 6.92 Å². The van der Waals surface area contributed by atoms with E-state index in [4.69, 9.17) is 5.73 Å². The van der Waals surface area contributed by atoms with Crippen LogP contribution in [0.25, 0.3) is 0 Å². The zero-order valence-electron chi connectivity index (χ0n) is 10.9. The van der Waals surface area contributed by atoms with Gasteiger partial charge in [-0.1, -0.05) is 35.9 Å². The SMILES string of the molecule is Cc1ccc(CCC(CCN)c2cccs2)cc1. The van der Waals surface area contributed by atoms with Gasteiger partial charge in [-0.3, -0.25) is 0 Å². The number of nitrogens with two attached hydrogens (primary N) is 1. The minimum absolute atomic E-state index is 0.622. The topological polar surface area (TPSA) is 26.0 Å². The fourth-order valence-electron chi connectivity index (χ4n) is 2.25. The molecule has 0 fully saturated rings. The Morgan fingerprint density at radius 1 is 1.11 bits per heavy atom. The lowest BCUT2D eigenvalue weighted by atomic mass is 9.95. The van der Waals surface area contributed by atoms with Crippen LogP contribution in [0.1, 0.15) is 34.8 Å². The number of thiophene rings is 1. The first-order valence-electron chi connectivity index (χ1n) is 6.58. The van der Waals surface area contributed by atoms with Gasteiger partial charge in [0.15, 0.2) is 0 Å². The van der Waals surface area contributed by atoms with Gasteiger partial charge in [-0.25, -0.2) is 0 Å². The average Bonchev–Trinajstić information content (AvgIpc) is 2.90. The zero-order chi connectivity index (χ0) is 12.8. The van der Waals surface area contributed by atoms with Crippen LogP contribution in [0.2, 0.25) is 0 Å². The number of rotatable bonds is 6. The lowest BCUT2D eigenvalue weighted by molar-refractivity contribution is 0.593. The molecule has 0 aliphatic rings. The van der Waals surface area contributed by atoms with E-state index in [-0.39, 0.29) is 0 Å². The molecule has 1 heterocycles. The smallest absolute Gasteiger partial charge is 0.00767 e. The summed E-state index contributed by atoms with van der Waals surface area (Å²) < 4.78 is 0. The third-order valence-electron chi connectivity index (χ3n) is 3.36. The van der Waals surface area contributed by atoms with Crippen molar-refractivity contribution in [3.63, 3.8) is 0 Å². The molecule has 0 bridgehead atoms. The Balaban J connectivity index is 1.95. The Kier molecular flexibility index (Phi) is 4.97. The van der Waals surface area contributed by atoms with Crippen LogP contribution < -0.4 is 5.73 Å². The van der Waals surface area contributed by atoms with Crippen molar-refractivity contribution in [1.29, 1.82) is 0 Å². The van der Waals surface area contributed by atoms with Crippen molar-refractivity contribution in [3.05, 3.63) is 57.8 Å². The summed E-state index contributed by atoms with van der Waals surface area (Å²) in [4.78, 5) is 1.48. The molecule has 2 rings (SSSR count). The molecule has 2 N–H and O–H groups in total. The summed E-state index contributed by atoms with van der Waals surface area (Å²) in [6.07, 6.45) is 3.43. The Bertz CT molecular complexity index is 444. The van der Waals surface area contributed by atoms with Gasteiger partial charge in [-0.05, 0) is 55.7 Å². The lowest BCUT2D eigenvalue weighted by Gasteiger charge is -2.14. The summed E-state index contributed by atoms with van der Waals surface area (Å²) in [6, 6.07) is 13.2. The van der Waals surface area contributed by atoms with Gasteiger partial charge < -0.3 is 5.73 Å². The maximum Gasteiger partial charge on any atom is 0.00767 e. The number of hydrogen-bond acceptors (Lipinski definition) is 2. The molecule has 0 radical (unpaired) electrons. The first-order valence-corrected chi connectivity index (χ1v) is 7.46. The van der Waals surface area contributed by atoms with Crippen LogP contribution in [0.15, 0.2) is 41.8 Å². The number of benzene rings is 1. The second kappa shape index (κ2) is 6.72. The van der Waals surface area contributed by atoms with E-state index in [0.29, 0.717) is 5.92 Å². The summed E-state index contributed by atoms with van der Waals surface area (Å²) in [5.74, 6) is 0.622. The Labute approximate surface area is 114 Å². The van der Waals surface area contributed by atoms with E-state index in [1.807, 2.05) is 11.3 Å². The standard InChI is InChI=1S/C16H21NS/c1-13-4-6-14(7-5-13)8-9-15(10-11-17)16-3-2-12-18-16/h2-7,12,15H,8-11,17H2,1H3. The summed E-state index contributed by atoms with van der Waals surface area (Å²) in [6.45, 7) is 2.91. The molecule has 96 valence electrons. The van der Waals surface area contributed by atoms with Crippen LogP contribution in [0.4, 0.5) is 0 Å². The van der Waals surface area contributed by atoms with E-state index in [2.05, 4.69) is 48.7 Å². The summed E-state index contributed by atoms with van der Waals surface area (Å²) in [5, 5.41) is 2.16. The summed E-state index contributed by atoms with van der Waals surface area (Å²) >= 11 is 1.85. The minimum atomic E-state index is 0.622. The van der Waals surface area contributed by atoms with Crippen molar-refractivity contribution in [2.75, 3.05) is 6.54 Å². The number of aryl methyl sites for hydroxylation is 2. The summed E-state index contributed by atoms with van der Waals surface area (Å²) in [5.41, 5.74) is 8.49. The van der Waals surface area contributed by atoms with Crippen molar-refractivity contribution < 1.29 is 0 Å². The molecule has 0 saturated heterocycles. The van der Waals surface area contributed by atoms with Gasteiger partial charge in [0.25, 0.3) is 0 Å². The van der Waals surface area contributed by atoms with Gasteiger partial charge in [-0.2, -0.15) is 0 Å². The molecule has 0 spiro atoms. The normalized spacial score (nSPS) is 12.6. The molecule has 1 unspecified atom stereocenters. The highest BCUT2D eigenvalue weighted by Gasteiger charge is 2.11. The van der Waals surface area contributed by atoms with Crippen molar-refractivity contribution in [2.24, 2.45) is 5.73 Å². The highest BCUT2D eigenvalue weighted by Crippen LogP contribution is 2.28. The predicted molar refractivity (Wildman–Crippen MR) is 80.2 cm³/mol. The molecule has 18 heavy (non-hydrogen) atoms. The van der Waals surface area contributed by atoms with E-state index >= 15 is 0 Å². The predicted octanol–water partition coefficient (Wildman–Crippen LogP) is 4.12. The van der Waals surface area contributed by atoms with Crippen LogP contribution in [0.3, 0.4) is 0 Å². The zero-order valence-corrected chi connectivity index (χ0v) is 11.7. The van der Waals surface area contributed by atoms with Crippen LogP contribution >= 0.6 is 11.3 Å². The lowest BCUT2D eigenvalue weighted by Crippen LogP contribution is -2.07. The molecule has 2 heteroatoms. The monoisotopic (exact) mass is 259 g/mol. The molecular weight excluding hydrogens is 238 g/mol. The highest BCUT2D eigenvalue weighted by atomic mass is 32.1. The molecule has 1 atom stereocenters. The van der Waals surface area contributed by atoms with Crippen molar-refractivity contribution >= 4 is 11.3 Å². The average molecular weight is 259 g/mol. The third kappa shape index (κ3) is 3.69. The fourth-order valence-corrected chi connectivity index (χ4v) is 3.15. The van der Waals surface area contributed by atoms with Gasteiger partial charge in [0, 0.05) is 4.88 Å². The molecule has 0 aliphatic heterocycles.